The first-order valence-electron chi connectivity index (χ1n) is 8.27. The van der Waals surface area contributed by atoms with Crippen LogP contribution in [-0.2, 0) is 13.1 Å². The van der Waals surface area contributed by atoms with Gasteiger partial charge in [0.05, 0.1) is 18.8 Å². The SMILES string of the molecule is C=C/C(=C\C)COc1cc2n(n1)CCN(C(=C)c1ccc(F)cc1)C2. The fourth-order valence-electron chi connectivity index (χ4n) is 2.78. The lowest BCUT2D eigenvalue weighted by Crippen LogP contribution is -2.32. The molecular formula is C20H22FN3O. The molecule has 1 aromatic heterocycles. The number of rotatable bonds is 6. The molecule has 0 amide bonds. The maximum absolute atomic E-state index is 13.1. The fraction of sp³-hybridized carbons (Fsp3) is 0.250. The molecule has 2 aromatic rings. The van der Waals surface area contributed by atoms with Gasteiger partial charge in [0.15, 0.2) is 0 Å². The van der Waals surface area contributed by atoms with Crippen LogP contribution in [0.2, 0.25) is 0 Å². The number of benzene rings is 1. The van der Waals surface area contributed by atoms with Crippen molar-refractivity contribution >= 4 is 5.70 Å². The van der Waals surface area contributed by atoms with Gasteiger partial charge < -0.3 is 9.64 Å². The quantitative estimate of drug-likeness (QED) is 0.745. The van der Waals surface area contributed by atoms with Crippen LogP contribution in [0.5, 0.6) is 5.88 Å². The Bertz CT molecular complexity index is 805. The Morgan fingerprint density at radius 2 is 2.08 bits per heavy atom. The summed E-state index contributed by atoms with van der Waals surface area (Å²) in [6, 6.07) is 8.39. The lowest BCUT2D eigenvalue weighted by molar-refractivity contribution is 0.297. The molecule has 1 aliphatic rings. The van der Waals surface area contributed by atoms with E-state index >= 15 is 0 Å². The van der Waals surface area contributed by atoms with Crippen molar-refractivity contribution in [2.45, 2.75) is 20.0 Å². The van der Waals surface area contributed by atoms with Crippen LogP contribution in [-0.4, -0.2) is 27.8 Å². The van der Waals surface area contributed by atoms with Crippen molar-refractivity contribution in [2.24, 2.45) is 0 Å². The van der Waals surface area contributed by atoms with E-state index in [-0.39, 0.29) is 5.82 Å². The zero-order valence-corrected chi connectivity index (χ0v) is 14.4. The molecule has 0 aliphatic carbocycles. The van der Waals surface area contributed by atoms with Crippen molar-refractivity contribution in [3.8, 4) is 5.88 Å². The highest BCUT2D eigenvalue weighted by Gasteiger charge is 2.20. The molecule has 3 rings (SSSR count). The molecule has 0 N–H and O–H groups in total. The van der Waals surface area contributed by atoms with Gasteiger partial charge in [-0.15, -0.1) is 5.10 Å². The third-order valence-electron chi connectivity index (χ3n) is 4.35. The number of allylic oxidation sites excluding steroid dienone is 1. The topological polar surface area (TPSA) is 30.3 Å². The maximum Gasteiger partial charge on any atom is 0.233 e. The summed E-state index contributed by atoms with van der Waals surface area (Å²) in [6.45, 7) is 12.6. The lowest BCUT2D eigenvalue weighted by Gasteiger charge is -2.31. The summed E-state index contributed by atoms with van der Waals surface area (Å²) < 4.78 is 20.8. The van der Waals surface area contributed by atoms with Gasteiger partial charge >= 0.3 is 0 Å². The number of fused-ring (bicyclic) bond motifs is 1. The van der Waals surface area contributed by atoms with E-state index < -0.39 is 0 Å². The summed E-state index contributed by atoms with van der Waals surface area (Å²) in [5.41, 5.74) is 3.91. The Morgan fingerprint density at radius 1 is 1.32 bits per heavy atom. The standard InChI is InChI=1S/C20H22FN3O/c1-4-16(5-2)14-25-20-12-19-13-23(10-11-24(19)22-20)15(3)17-6-8-18(21)9-7-17/h4-9,12H,1,3,10-11,13-14H2,2H3/b16-5+. The van der Waals surface area contributed by atoms with E-state index in [1.54, 1.807) is 18.2 Å². The second-order valence-corrected chi connectivity index (χ2v) is 5.93. The summed E-state index contributed by atoms with van der Waals surface area (Å²) in [4.78, 5) is 2.18. The molecule has 25 heavy (non-hydrogen) atoms. The highest BCUT2D eigenvalue weighted by molar-refractivity contribution is 5.61. The molecule has 0 bridgehead atoms. The minimum atomic E-state index is -0.241. The van der Waals surface area contributed by atoms with E-state index in [0.717, 1.165) is 35.6 Å². The first-order valence-corrected chi connectivity index (χ1v) is 8.27. The van der Waals surface area contributed by atoms with E-state index in [1.807, 2.05) is 23.7 Å². The molecule has 130 valence electrons. The Labute approximate surface area is 147 Å². The van der Waals surface area contributed by atoms with Crippen molar-refractivity contribution in [1.29, 1.82) is 0 Å². The Hall–Kier alpha value is -2.82. The third kappa shape index (κ3) is 3.82. The van der Waals surface area contributed by atoms with Gasteiger partial charge in [-0.2, -0.15) is 0 Å². The van der Waals surface area contributed by atoms with Crippen molar-refractivity contribution in [3.05, 3.63) is 78.3 Å². The van der Waals surface area contributed by atoms with Gasteiger partial charge in [-0.05, 0) is 30.2 Å². The van der Waals surface area contributed by atoms with Gasteiger partial charge in [0.1, 0.15) is 12.4 Å². The molecule has 1 aliphatic heterocycles. The normalized spacial score (nSPS) is 14.2. The van der Waals surface area contributed by atoms with E-state index in [4.69, 9.17) is 4.74 Å². The second kappa shape index (κ2) is 7.38. The van der Waals surface area contributed by atoms with Crippen molar-refractivity contribution in [2.75, 3.05) is 13.2 Å². The molecule has 0 atom stereocenters. The van der Waals surface area contributed by atoms with Gasteiger partial charge in [-0.1, -0.05) is 37.4 Å². The molecule has 0 unspecified atom stereocenters. The van der Waals surface area contributed by atoms with Gasteiger partial charge in [0.2, 0.25) is 5.88 Å². The molecule has 5 heteroatoms. The molecule has 0 spiro atoms. The predicted molar refractivity (Wildman–Crippen MR) is 97.5 cm³/mol. The number of nitrogens with zero attached hydrogens (tertiary/aromatic N) is 3. The number of hydrogen-bond acceptors (Lipinski definition) is 3. The van der Waals surface area contributed by atoms with Crippen LogP contribution >= 0.6 is 0 Å². The summed E-state index contributed by atoms with van der Waals surface area (Å²) in [7, 11) is 0. The van der Waals surface area contributed by atoms with E-state index in [1.165, 1.54) is 12.1 Å². The van der Waals surface area contributed by atoms with Crippen LogP contribution in [0.3, 0.4) is 0 Å². The molecule has 0 saturated carbocycles. The summed E-state index contributed by atoms with van der Waals surface area (Å²) in [5, 5.41) is 4.50. The fourth-order valence-corrected chi connectivity index (χ4v) is 2.78. The molecule has 1 aromatic carbocycles. The molecule has 0 saturated heterocycles. The van der Waals surface area contributed by atoms with Gasteiger partial charge in [-0.3, -0.25) is 4.68 Å². The highest BCUT2D eigenvalue weighted by atomic mass is 19.1. The Kier molecular flexibility index (Phi) is 5.03. The summed E-state index contributed by atoms with van der Waals surface area (Å²) >= 11 is 0. The lowest BCUT2D eigenvalue weighted by atomic mass is 10.1. The molecule has 2 heterocycles. The molecule has 4 nitrogen and oxygen atoms in total. The van der Waals surface area contributed by atoms with Crippen LogP contribution in [0.25, 0.3) is 5.70 Å². The number of hydrogen-bond donors (Lipinski definition) is 0. The third-order valence-corrected chi connectivity index (χ3v) is 4.35. The average molecular weight is 339 g/mol. The van der Waals surface area contributed by atoms with Crippen LogP contribution in [0.4, 0.5) is 4.39 Å². The average Bonchev–Trinajstić information content (AvgIpc) is 3.04. The number of halogens is 1. The monoisotopic (exact) mass is 339 g/mol. The van der Waals surface area contributed by atoms with Crippen LogP contribution in [0.1, 0.15) is 18.2 Å². The zero-order chi connectivity index (χ0) is 17.8. The minimum Gasteiger partial charge on any atom is -0.472 e. The molecule has 0 fully saturated rings. The predicted octanol–water partition coefficient (Wildman–Crippen LogP) is 4.02. The summed E-state index contributed by atoms with van der Waals surface area (Å²) in [6.07, 6.45) is 3.75. The highest BCUT2D eigenvalue weighted by Crippen LogP contribution is 2.25. The van der Waals surface area contributed by atoms with E-state index in [0.29, 0.717) is 19.0 Å². The van der Waals surface area contributed by atoms with Crippen LogP contribution < -0.4 is 4.74 Å². The van der Waals surface area contributed by atoms with Crippen LogP contribution in [0.15, 0.2) is 61.2 Å². The van der Waals surface area contributed by atoms with Gasteiger partial charge in [-0.25, -0.2) is 4.39 Å². The van der Waals surface area contributed by atoms with Crippen LogP contribution in [0, 0.1) is 5.82 Å². The van der Waals surface area contributed by atoms with E-state index in [9.17, 15) is 4.39 Å². The number of ether oxygens (including phenoxy) is 1. The van der Waals surface area contributed by atoms with E-state index in [2.05, 4.69) is 23.2 Å². The Balaban J connectivity index is 1.68. The molecule has 0 radical (unpaired) electrons. The first-order chi connectivity index (χ1) is 12.1. The van der Waals surface area contributed by atoms with Crippen molar-refractivity contribution < 1.29 is 9.13 Å². The number of aromatic nitrogens is 2. The first kappa shape index (κ1) is 17.0. The Morgan fingerprint density at radius 3 is 2.76 bits per heavy atom. The summed E-state index contributed by atoms with van der Waals surface area (Å²) in [5.74, 6) is 0.375. The van der Waals surface area contributed by atoms with Crippen molar-refractivity contribution in [1.82, 2.24) is 14.7 Å². The smallest absolute Gasteiger partial charge is 0.233 e. The van der Waals surface area contributed by atoms with Crippen molar-refractivity contribution in [3.63, 3.8) is 0 Å². The van der Waals surface area contributed by atoms with Gasteiger partial charge in [0, 0.05) is 18.3 Å². The minimum absolute atomic E-state index is 0.241. The second-order valence-electron chi connectivity index (χ2n) is 5.93. The maximum atomic E-state index is 13.1. The molecular weight excluding hydrogens is 317 g/mol. The zero-order valence-electron chi connectivity index (χ0n) is 14.4. The van der Waals surface area contributed by atoms with Gasteiger partial charge in [0.25, 0.3) is 0 Å². The largest absolute Gasteiger partial charge is 0.472 e.